The zero-order chi connectivity index (χ0) is 15.8. The van der Waals surface area contributed by atoms with E-state index in [4.69, 9.17) is 15.7 Å². The predicted molar refractivity (Wildman–Crippen MR) is 78.8 cm³/mol. The Kier molecular flexibility index (Phi) is 5.89. The summed E-state index contributed by atoms with van der Waals surface area (Å²) in [6.07, 6.45) is 1.48. The predicted octanol–water partition coefficient (Wildman–Crippen LogP) is 1.76. The smallest absolute Gasteiger partial charge is 0.250 e. The van der Waals surface area contributed by atoms with Crippen molar-refractivity contribution in [1.82, 2.24) is 0 Å². The molecule has 2 amide bonds. The van der Waals surface area contributed by atoms with Crippen LogP contribution in [0, 0.1) is 11.3 Å². The van der Waals surface area contributed by atoms with Crippen molar-refractivity contribution in [1.29, 1.82) is 5.26 Å². The van der Waals surface area contributed by atoms with Gasteiger partial charge in [-0.3, -0.25) is 14.6 Å². The Morgan fingerprint density at radius 1 is 1.52 bits per heavy atom. The Morgan fingerprint density at radius 2 is 2.24 bits per heavy atom. The number of nitrogens with one attached hydrogen (secondary N) is 1. The Labute approximate surface area is 122 Å². The molecule has 0 heterocycles. The first-order valence-electron chi connectivity index (χ1n) is 6.27. The van der Waals surface area contributed by atoms with Crippen molar-refractivity contribution in [2.24, 2.45) is 10.7 Å². The lowest BCUT2D eigenvalue weighted by molar-refractivity contribution is -0.114. The number of hydrogen-bond acceptors (Lipinski definition) is 5. The van der Waals surface area contributed by atoms with Crippen molar-refractivity contribution in [2.45, 2.75) is 20.3 Å². The molecule has 1 aromatic rings. The van der Waals surface area contributed by atoms with Gasteiger partial charge in [0, 0.05) is 19.2 Å². The SMILES string of the molecule is CCOc1cc(N=CCC#N)c(C(N)=O)cc1NC(C)=O. The number of primary amides is 1. The van der Waals surface area contributed by atoms with E-state index in [-0.39, 0.29) is 23.6 Å². The van der Waals surface area contributed by atoms with E-state index in [0.717, 1.165) is 0 Å². The number of benzene rings is 1. The minimum Gasteiger partial charge on any atom is -0.492 e. The number of carbonyl (C=O) groups is 2. The molecule has 0 radical (unpaired) electrons. The first kappa shape index (κ1) is 16.2. The molecule has 0 aliphatic carbocycles. The fourth-order valence-corrected chi connectivity index (χ4v) is 1.62. The van der Waals surface area contributed by atoms with Gasteiger partial charge in [-0.05, 0) is 13.0 Å². The van der Waals surface area contributed by atoms with Crippen LogP contribution in [-0.2, 0) is 4.79 Å². The Bertz CT molecular complexity index is 617. The van der Waals surface area contributed by atoms with Crippen molar-refractivity contribution < 1.29 is 14.3 Å². The number of carbonyl (C=O) groups excluding carboxylic acids is 2. The van der Waals surface area contributed by atoms with E-state index >= 15 is 0 Å². The van der Waals surface area contributed by atoms with Crippen LogP contribution in [-0.4, -0.2) is 24.6 Å². The Balaban J connectivity index is 3.35. The minimum atomic E-state index is -0.686. The molecule has 0 fully saturated rings. The molecule has 110 valence electrons. The third-order valence-electron chi connectivity index (χ3n) is 2.39. The van der Waals surface area contributed by atoms with Gasteiger partial charge in [-0.15, -0.1) is 0 Å². The van der Waals surface area contributed by atoms with Gasteiger partial charge in [0.05, 0.1) is 36.0 Å². The number of aliphatic imine (C=N–C) groups is 1. The van der Waals surface area contributed by atoms with Crippen LogP contribution in [0.2, 0.25) is 0 Å². The van der Waals surface area contributed by atoms with Gasteiger partial charge in [0.1, 0.15) is 5.75 Å². The van der Waals surface area contributed by atoms with Crippen LogP contribution in [0.4, 0.5) is 11.4 Å². The molecule has 3 N–H and O–H groups in total. The normalized spacial score (nSPS) is 10.1. The summed E-state index contributed by atoms with van der Waals surface area (Å²) < 4.78 is 5.41. The fraction of sp³-hybridized carbons (Fsp3) is 0.286. The average molecular weight is 288 g/mol. The number of amides is 2. The van der Waals surface area contributed by atoms with E-state index in [1.807, 2.05) is 6.07 Å². The van der Waals surface area contributed by atoms with Crippen molar-refractivity contribution in [3.05, 3.63) is 17.7 Å². The van der Waals surface area contributed by atoms with Gasteiger partial charge in [-0.1, -0.05) is 0 Å². The minimum absolute atomic E-state index is 0.107. The standard InChI is InChI=1S/C14H16N4O3/c1-3-21-13-8-11(17-6-4-5-15)10(14(16)20)7-12(13)18-9(2)19/h6-8H,3-4H2,1-2H3,(H2,16,20)(H,18,19). The number of nitrogens with zero attached hydrogens (tertiary/aromatic N) is 2. The highest BCUT2D eigenvalue weighted by Crippen LogP contribution is 2.33. The van der Waals surface area contributed by atoms with Crippen LogP contribution < -0.4 is 15.8 Å². The second-order valence-corrected chi connectivity index (χ2v) is 4.02. The molecule has 1 rings (SSSR count). The molecule has 0 unspecified atom stereocenters. The van der Waals surface area contributed by atoms with Crippen LogP contribution in [0.3, 0.4) is 0 Å². The molecule has 0 aliphatic heterocycles. The maximum atomic E-state index is 11.5. The summed E-state index contributed by atoms with van der Waals surface area (Å²) in [7, 11) is 0. The summed E-state index contributed by atoms with van der Waals surface area (Å²) >= 11 is 0. The van der Waals surface area contributed by atoms with Gasteiger partial charge in [0.25, 0.3) is 5.91 Å². The summed E-state index contributed by atoms with van der Waals surface area (Å²) in [6, 6.07) is 4.82. The molecule has 7 heteroatoms. The van der Waals surface area contributed by atoms with Crippen LogP contribution in [0.5, 0.6) is 5.75 Å². The molecule has 1 aromatic carbocycles. The zero-order valence-electron chi connectivity index (χ0n) is 11.8. The number of nitriles is 1. The molecule has 0 aliphatic rings. The maximum absolute atomic E-state index is 11.5. The van der Waals surface area contributed by atoms with Gasteiger partial charge in [0.15, 0.2) is 0 Å². The topological polar surface area (TPSA) is 118 Å². The monoisotopic (exact) mass is 288 g/mol. The highest BCUT2D eigenvalue weighted by atomic mass is 16.5. The van der Waals surface area contributed by atoms with Crippen molar-refractivity contribution in [3.8, 4) is 11.8 Å². The molecule has 7 nitrogen and oxygen atoms in total. The Hall–Kier alpha value is -2.88. The van der Waals surface area contributed by atoms with Crippen LogP contribution in [0.25, 0.3) is 0 Å². The number of ether oxygens (including phenoxy) is 1. The van der Waals surface area contributed by atoms with Crippen molar-refractivity contribution in [2.75, 3.05) is 11.9 Å². The zero-order valence-corrected chi connectivity index (χ0v) is 11.8. The van der Waals surface area contributed by atoms with E-state index in [1.165, 1.54) is 25.3 Å². The average Bonchev–Trinajstić information content (AvgIpc) is 2.41. The molecule has 0 spiro atoms. The van der Waals surface area contributed by atoms with E-state index in [9.17, 15) is 9.59 Å². The first-order chi connectivity index (χ1) is 9.99. The molecular weight excluding hydrogens is 272 g/mol. The Morgan fingerprint density at radius 3 is 2.76 bits per heavy atom. The van der Waals surface area contributed by atoms with Gasteiger partial charge in [0.2, 0.25) is 5.91 Å². The molecular formula is C14H16N4O3. The maximum Gasteiger partial charge on any atom is 0.250 e. The summed E-state index contributed by atoms with van der Waals surface area (Å²) in [4.78, 5) is 26.7. The molecule has 21 heavy (non-hydrogen) atoms. The second-order valence-electron chi connectivity index (χ2n) is 4.02. The van der Waals surface area contributed by atoms with E-state index < -0.39 is 5.91 Å². The number of anilines is 1. The lowest BCUT2D eigenvalue weighted by atomic mass is 10.1. The third-order valence-corrected chi connectivity index (χ3v) is 2.39. The molecule has 0 bridgehead atoms. The molecule has 0 atom stereocenters. The first-order valence-corrected chi connectivity index (χ1v) is 6.27. The van der Waals surface area contributed by atoms with E-state index in [1.54, 1.807) is 6.92 Å². The van der Waals surface area contributed by atoms with Gasteiger partial charge in [-0.25, -0.2) is 0 Å². The van der Waals surface area contributed by atoms with E-state index in [0.29, 0.717) is 18.0 Å². The molecule has 0 aromatic heterocycles. The summed E-state index contributed by atoms with van der Waals surface area (Å²) in [5.41, 5.74) is 6.08. The summed E-state index contributed by atoms with van der Waals surface area (Å²) in [5, 5.41) is 11.1. The van der Waals surface area contributed by atoms with Crippen LogP contribution >= 0.6 is 0 Å². The van der Waals surface area contributed by atoms with Crippen molar-refractivity contribution in [3.63, 3.8) is 0 Å². The lowest BCUT2D eigenvalue weighted by Gasteiger charge is -2.13. The summed E-state index contributed by atoms with van der Waals surface area (Å²) in [5.74, 6) is -0.609. The van der Waals surface area contributed by atoms with Gasteiger partial charge < -0.3 is 15.8 Å². The van der Waals surface area contributed by atoms with Crippen LogP contribution in [0.1, 0.15) is 30.6 Å². The number of hydrogen-bond donors (Lipinski definition) is 2. The fourth-order valence-electron chi connectivity index (χ4n) is 1.62. The third kappa shape index (κ3) is 4.62. The highest BCUT2D eigenvalue weighted by Gasteiger charge is 2.15. The number of rotatable bonds is 6. The molecule has 0 saturated carbocycles. The van der Waals surface area contributed by atoms with E-state index in [2.05, 4.69) is 10.3 Å². The highest BCUT2D eigenvalue weighted by molar-refractivity contribution is 6.01. The lowest BCUT2D eigenvalue weighted by Crippen LogP contribution is -2.14. The van der Waals surface area contributed by atoms with Gasteiger partial charge in [-0.2, -0.15) is 5.26 Å². The second kappa shape index (κ2) is 7.65. The largest absolute Gasteiger partial charge is 0.492 e. The quantitative estimate of drug-likeness (QED) is 0.775. The van der Waals surface area contributed by atoms with Crippen molar-refractivity contribution >= 4 is 29.4 Å². The van der Waals surface area contributed by atoms with Gasteiger partial charge >= 0.3 is 0 Å². The van der Waals surface area contributed by atoms with Crippen LogP contribution in [0.15, 0.2) is 17.1 Å². The summed E-state index contributed by atoms with van der Waals surface area (Å²) in [6.45, 7) is 3.51. The number of nitrogens with two attached hydrogens (primary N) is 1. The molecule has 0 saturated heterocycles.